The predicted molar refractivity (Wildman–Crippen MR) is 91.0 cm³/mol. The Morgan fingerprint density at radius 2 is 1.55 bits per heavy atom. The second kappa shape index (κ2) is 7.25. The molecule has 4 heteroatoms. The van der Waals surface area contributed by atoms with Gasteiger partial charge in [-0.05, 0) is 29.9 Å². The van der Waals surface area contributed by atoms with Crippen LogP contribution in [0.2, 0.25) is 0 Å². The van der Waals surface area contributed by atoms with Gasteiger partial charge in [-0.15, -0.1) is 0 Å². The zero-order valence-corrected chi connectivity index (χ0v) is 14.0. The van der Waals surface area contributed by atoms with Crippen molar-refractivity contribution in [3.8, 4) is 0 Å². The molecule has 4 nitrogen and oxygen atoms in total. The molecule has 0 amide bonds. The highest BCUT2D eigenvalue weighted by atomic mass is 15.0. The maximum absolute atomic E-state index is 4.76. The van der Waals surface area contributed by atoms with Crippen LogP contribution in [0.15, 0.2) is 29.8 Å². The van der Waals surface area contributed by atoms with Crippen molar-refractivity contribution in [2.24, 2.45) is 4.99 Å². The van der Waals surface area contributed by atoms with Gasteiger partial charge in [0.1, 0.15) is 18.5 Å². The molecule has 0 N–H and O–H groups in total. The molecule has 0 fully saturated rings. The highest BCUT2D eigenvalue weighted by molar-refractivity contribution is 5.69. The van der Waals surface area contributed by atoms with E-state index in [0.29, 0.717) is 18.3 Å². The van der Waals surface area contributed by atoms with Crippen LogP contribution in [0, 0.1) is 6.92 Å². The molecule has 116 valence electrons. The van der Waals surface area contributed by atoms with Crippen LogP contribution in [0.4, 0.5) is 5.69 Å². The van der Waals surface area contributed by atoms with Crippen molar-refractivity contribution in [3.05, 3.63) is 47.3 Å². The average molecular weight is 296 g/mol. The molecule has 2 rings (SSSR count). The van der Waals surface area contributed by atoms with Crippen LogP contribution in [-0.2, 0) is 6.42 Å². The van der Waals surface area contributed by atoms with Gasteiger partial charge in [0.15, 0.2) is 0 Å². The van der Waals surface area contributed by atoms with Gasteiger partial charge in [-0.2, -0.15) is 0 Å². The molecule has 0 spiro atoms. The van der Waals surface area contributed by atoms with Crippen molar-refractivity contribution in [1.29, 1.82) is 0 Å². The summed E-state index contributed by atoms with van der Waals surface area (Å²) in [4.78, 5) is 16.8. The predicted octanol–water partition coefficient (Wildman–Crippen LogP) is 4.37. The van der Waals surface area contributed by atoms with Crippen LogP contribution < -0.4 is 0 Å². The topological polar surface area (TPSA) is 51.0 Å². The van der Waals surface area contributed by atoms with Crippen molar-refractivity contribution >= 4 is 11.9 Å². The number of aryl methyl sites for hydroxylation is 1. The van der Waals surface area contributed by atoms with Crippen molar-refractivity contribution in [1.82, 2.24) is 15.0 Å². The summed E-state index contributed by atoms with van der Waals surface area (Å²) in [5.74, 6) is 1.63. The minimum Gasteiger partial charge on any atom is -0.260 e. The summed E-state index contributed by atoms with van der Waals surface area (Å²) in [6.45, 7) is 11.0. The second-order valence-electron chi connectivity index (χ2n) is 6.17. The van der Waals surface area contributed by atoms with E-state index in [-0.39, 0.29) is 0 Å². The van der Waals surface area contributed by atoms with E-state index in [4.69, 9.17) is 4.99 Å². The third-order valence-electron chi connectivity index (χ3n) is 3.60. The quantitative estimate of drug-likeness (QED) is 0.770. The number of nitrogens with zero attached hydrogens (tertiary/aromatic N) is 4. The molecule has 0 saturated heterocycles. The summed E-state index contributed by atoms with van der Waals surface area (Å²) >= 11 is 0. The number of hydrogen-bond acceptors (Lipinski definition) is 4. The molecule has 1 aromatic heterocycles. The standard InChI is InChI=1S/C18H24N4/c1-12(2)15-8-14(5)9-16(13(3)4)18(15)20-7-6-17-21-10-19-11-22-17/h7-13H,6H2,1-5H3. The van der Waals surface area contributed by atoms with Crippen LogP contribution >= 0.6 is 0 Å². The Labute approximate surface area is 132 Å². The number of hydrogen-bond donors (Lipinski definition) is 0. The smallest absolute Gasteiger partial charge is 0.137 e. The molecule has 0 unspecified atom stereocenters. The zero-order chi connectivity index (χ0) is 16.1. The van der Waals surface area contributed by atoms with E-state index in [1.807, 2.05) is 6.21 Å². The average Bonchev–Trinajstić information content (AvgIpc) is 2.48. The normalized spacial score (nSPS) is 11.8. The van der Waals surface area contributed by atoms with Gasteiger partial charge < -0.3 is 0 Å². The first kappa shape index (κ1) is 16.3. The van der Waals surface area contributed by atoms with Gasteiger partial charge >= 0.3 is 0 Å². The Kier molecular flexibility index (Phi) is 5.36. The minimum atomic E-state index is 0.446. The van der Waals surface area contributed by atoms with E-state index < -0.39 is 0 Å². The fraction of sp³-hybridized carbons (Fsp3) is 0.444. The summed E-state index contributed by atoms with van der Waals surface area (Å²) in [5, 5.41) is 0. The van der Waals surface area contributed by atoms with Crippen molar-refractivity contribution < 1.29 is 0 Å². The van der Waals surface area contributed by atoms with Crippen molar-refractivity contribution in [2.75, 3.05) is 0 Å². The summed E-state index contributed by atoms with van der Waals surface area (Å²) in [7, 11) is 0. The van der Waals surface area contributed by atoms with Gasteiger partial charge in [0.2, 0.25) is 0 Å². The Bertz CT molecular complexity index is 616. The van der Waals surface area contributed by atoms with Crippen LogP contribution in [-0.4, -0.2) is 21.2 Å². The summed E-state index contributed by atoms with van der Waals surface area (Å²) in [5.41, 5.74) is 5.00. The minimum absolute atomic E-state index is 0.446. The Morgan fingerprint density at radius 3 is 2.05 bits per heavy atom. The maximum Gasteiger partial charge on any atom is 0.137 e. The molecule has 0 saturated carbocycles. The SMILES string of the molecule is Cc1cc(C(C)C)c(N=CCc2ncncn2)c(C(C)C)c1. The Morgan fingerprint density at radius 1 is 1.00 bits per heavy atom. The zero-order valence-electron chi connectivity index (χ0n) is 14.0. The third-order valence-corrected chi connectivity index (χ3v) is 3.60. The van der Waals surface area contributed by atoms with E-state index in [1.165, 1.54) is 29.3 Å². The monoisotopic (exact) mass is 296 g/mol. The van der Waals surface area contributed by atoms with E-state index in [9.17, 15) is 0 Å². The molecule has 22 heavy (non-hydrogen) atoms. The van der Waals surface area contributed by atoms with Crippen molar-refractivity contribution in [3.63, 3.8) is 0 Å². The number of rotatable bonds is 5. The fourth-order valence-corrected chi connectivity index (χ4v) is 2.45. The number of aliphatic imine (C=N–C) groups is 1. The summed E-state index contributed by atoms with van der Waals surface area (Å²) in [6.07, 6.45) is 5.55. The lowest BCUT2D eigenvalue weighted by molar-refractivity contribution is 0.831. The highest BCUT2D eigenvalue weighted by Gasteiger charge is 2.14. The van der Waals surface area contributed by atoms with Gasteiger partial charge in [0, 0.05) is 12.6 Å². The molecule has 0 radical (unpaired) electrons. The molecule has 1 aromatic carbocycles. The molecule has 0 atom stereocenters. The van der Waals surface area contributed by atoms with Crippen molar-refractivity contribution in [2.45, 2.75) is 52.9 Å². The first-order valence-corrected chi connectivity index (χ1v) is 7.77. The first-order chi connectivity index (χ1) is 10.5. The summed E-state index contributed by atoms with van der Waals surface area (Å²) in [6, 6.07) is 4.48. The molecule has 0 aliphatic rings. The highest BCUT2D eigenvalue weighted by Crippen LogP contribution is 2.35. The number of aromatic nitrogens is 3. The van der Waals surface area contributed by atoms with Crippen LogP contribution in [0.5, 0.6) is 0 Å². The second-order valence-corrected chi connectivity index (χ2v) is 6.17. The third kappa shape index (κ3) is 3.97. The molecule has 1 heterocycles. The summed E-state index contributed by atoms with van der Waals surface area (Å²) < 4.78 is 0. The molecule has 0 aliphatic carbocycles. The van der Waals surface area contributed by atoms with Crippen LogP contribution in [0.25, 0.3) is 0 Å². The largest absolute Gasteiger partial charge is 0.260 e. The van der Waals surface area contributed by atoms with Gasteiger partial charge in [-0.1, -0.05) is 45.4 Å². The van der Waals surface area contributed by atoms with Crippen LogP contribution in [0.1, 0.15) is 62.0 Å². The molecular weight excluding hydrogens is 272 g/mol. The van der Waals surface area contributed by atoms with Gasteiger partial charge in [0.25, 0.3) is 0 Å². The van der Waals surface area contributed by atoms with Gasteiger partial charge in [0.05, 0.1) is 5.69 Å². The maximum atomic E-state index is 4.76. The van der Waals surface area contributed by atoms with E-state index >= 15 is 0 Å². The molecule has 0 aliphatic heterocycles. The lowest BCUT2D eigenvalue weighted by Gasteiger charge is -2.17. The van der Waals surface area contributed by atoms with E-state index in [1.54, 1.807) is 0 Å². The Hall–Kier alpha value is -2.10. The Balaban J connectivity index is 2.35. The molecule has 2 aromatic rings. The van der Waals surface area contributed by atoms with E-state index in [2.05, 4.69) is 61.7 Å². The van der Waals surface area contributed by atoms with Gasteiger partial charge in [-0.25, -0.2) is 15.0 Å². The molecule has 0 bridgehead atoms. The van der Waals surface area contributed by atoms with E-state index in [0.717, 1.165) is 11.5 Å². The first-order valence-electron chi connectivity index (χ1n) is 7.77. The lowest BCUT2D eigenvalue weighted by atomic mass is 9.91. The van der Waals surface area contributed by atoms with Gasteiger partial charge in [-0.3, -0.25) is 4.99 Å². The lowest BCUT2D eigenvalue weighted by Crippen LogP contribution is -1.99. The molecular formula is C18H24N4. The van der Waals surface area contributed by atoms with Crippen LogP contribution in [0.3, 0.4) is 0 Å². The fourth-order valence-electron chi connectivity index (χ4n) is 2.45. The number of benzene rings is 1.